The highest BCUT2D eigenvalue weighted by atomic mass is 35.5. The Hall–Kier alpha value is -12.8. The van der Waals surface area contributed by atoms with Gasteiger partial charge < -0.3 is 138 Å². The number of hydrazine groups is 1. The van der Waals surface area contributed by atoms with Crippen molar-refractivity contribution in [1.29, 1.82) is 0 Å². The Morgan fingerprint density at radius 1 is 0.674 bits per heavy atom. The number of nitrogens with two attached hydrogens (primary N) is 2. The van der Waals surface area contributed by atoms with E-state index in [4.69, 9.17) is 63.1 Å². The Morgan fingerprint density at radius 3 is 1.88 bits per heavy atom. The highest BCUT2D eigenvalue weighted by Crippen LogP contribution is 2.50. The Kier molecular flexibility index (Phi) is 30.2. The molecule has 0 radical (unpaired) electrons. The molecular weight excluding hydrogens is 1750 g/mol. The van der Waals surface area contributed by atoms with E-state index in [0.29, 0.717) is 5.56 Å². The summed E-state index contributed by atoms with van der Waals surface area (Å²) in [5.74, 6) is -21.2. The highest BCUT2D eigenvalue weighted by Gasteiger charge is 2.53. The molecule has 0 spiro atoms. The molecule has 2 saturated heterocycles. The van der Waals surface area contributed by atoms with E-state index in [9.17, 15) is 87.9 Å². The third-order valence-electron chi connectivity index (χ3n) is 21.5. The summed E-state index contributed by atoms with van der Waals surface area (Å²) in [7, 11) is 1.45. The summed E-state index contributed by atoms with van der Waals surface area (Å²) in [6, 6.07) is 8.61. The molecule has 7 aromatic carbocycles. The number of amides is 11. The number of primary amides is 2. The SMILES string of the molecule is C.CNC(CC(C)C)C(=O)NC1C(=O)NC(CC(N)=O)C(=O)NC2C(=O)NC3C(=O)NC(C(=O)NC(C(=O)NNC(=O)C(N)=O)c4cc(O)cc(O)c4-c4cc3ccc4O)C(O)c3ccc(c(Cl)c3)Oc3cc2cc(c3OC2OC(CO)C(O)C(O)C2OC2CC(C)(NCc3ccc(NC(=O)c4ccc(OC(F)(F)F)cc4)cc3)C(O)C(C)O2)Oc2ccc(cc2Cl)C1O. The number of halogens is 5. The summed E-state index contributed by atoms with van der Waals surface area (Å²) in [5, 5.41) is 129. The van der Waals surface area contributed by atoms with E-state index in [0.717, 1.165) is 97.1 Å². The lowest BCUT2D eigenvalue weighted by Crippen LogP contribution is -2.65. The first-order chi connectivity index (χ1) is 60.5. The number of nitrogens with one attached hydrogen (secondary N) is 11. The fraction of sp³-hybridized carbons (Fsp3) is 0.369. The molecule has 45 heteroatoms. The van der Waals surface area contributed by atoms with Gasteiger partial charge in [0.15, 0.2) is 23.9 Å². The average molecular weight is 1840 g/mol. The van der Waals surface area contributed by atoms with Gasteiger partial charge in [0.1, 0.15) is 101 Å². The molecule has 11 amide bonds. The fourth-order valence-corrected chi connectivity index (χ4v) is 15.4. The van der Waals surface area contributed by atoms with Crippen molar-refractivity contribution in [3.8, 4) is 62.9 Å². The molecule has 2 fully saturated rings. The van der Waals surface area contributed by atoms with Crippen LogP contribution in [0.3, 0.4) is 0 Å². The van der Waals surface area contributed by atoms with Gasteiger partial charge in [0.25, 0.3) is 11.8 Å². The maximum atomic E-state index is 16.3. The minimum atomic E-state index is -4.96. The van der Waals surface area contributed by atoms with Crippen LogP contribution in [-0.4, -0.2) is 210 Å². The van der Waals surface area contributed by atoms with Gasteiger partial charge in [0, 0.05) is 46.9 Å². The zero-order chi connectivity index (χ0) is 93.0. The molecule has 14 rings (SSSR count). The van der Waals surface area contributed by atoms with Crippen molar-refractivity contribution in [2.75, 3.05) is 19.0 Å². The zero-order valence-corrected chi connectivity index (χ0v) is 69.5. The second kappa shape index (κ2) is 40.3. The van der Waals surface area contributed by atoms with E-state index < -0.39 is 283 Å². The number of carbonyl (C=O) groups excluding carboxylic acids is 11. The summed E-state index contributed by atoms with van der Waals surface area (Å²) < 4.78 is 81.7. The number of carbonyl (C=O) groups is 11. The third-order valence-corrected chi connectivity index (χ3v) is 22.1. The van der Waals surface area contributed by atoms with E-state index in [1.54, 1.807) is 38.3 Å². The van der Waals surface area contributed by atoms with E-state index in [-0.39, 0.29) is 55.1 Å². The van der Waals surface area contributed by atoms with Crippen molar-refractivity contribution in [3.05, 3.63) is 176 Å². The molecule has 18 unspecified atom stereocenters. The van der Waals surface area contributed by atoms with Crippen LogP contribution >= 0.6 is 23.2 Å². The normalized spacial score (nSPS) is 25.4. The van der Waals surface area contributed by atoms with Crippen LogP contribution in [0.15, 0.2) is 127 Å². The Balaban J connectivity index is 0.0000161. The number of rotatable bonds is 19. The average Bonchev–Trinajstić information content (AvgIpc) is 0.765. The van der Waals surface area contributed by atoms with Crippen LogP contribution in [-0.2, 0) is 68.7 Å². The number of aliphatic hydroxyl groups is 6. The van der Waals surface area contributed by atoms with E-state index >= 15 is 24.0 Å². The number of hydrogen-bond donors (Lipinski definition) is 22. The molecule has 7 heterocycles. The van der Waals surface area contributed by atoms with Gasteiger partial charge in [0.2, 0.25) is 53.4 Å². The van der Waals surface area contributed by atoms with Gasteiger partial charge >= 0.3 is 18.2 Å². The van der Waals surface area contributed by atoms with Crippen molar-refractivity contribution in [1.82, 2.24) is 53.4 Å². The van der Waals surface area contributed by atoms with Crippen molar-refractivity contribution >= 4 is 93.9 Å². The fourth-order valence-electron chi connectivity index (χ4n) is 14.9. The summed E-state index contributed by atoms with van der Waals surface area (Å²) in [5.41, 5.74) is 10.6. The number of aromatic hydroxyl groups is 3. The molecule has 0 saturated carbocycles. The van der Waals surface area contributed by atoms with Crippen LogP contribution in [0, 0.1) is 5.92 Å². The van der Waals surface area contributed by atoms with Gasteiger partial charge in [-0.25, -0.2) is 0 Å². The monoisotopic (exact) mass is 1840 g/mol. The van der Waals surface area contributed by atoms with Crippen LogP contribution in [0.4, 0.5) is 18.9 Å². The summed E-state index contributed by atoms with van der Waals surface area (Å²) in [6.45, 7) is 5.62. The third kappa shape index (κ3) is 22.3. The van der Waals surface area contributed by atoms with Gasteiger partial charge in [-0.1, -0.05) is 74.8 Å². The molecule has 18 atom stereocenters. The maximum Gasteiger partial charge on any atom is 0.573 e. The van der Waals surface area contributed by atoms with E-state index in [2.05, 4.69) is 52.6 Å². The van der Waals surface area contributed by atoms with Crippen LogP contribution < -0.4 is 89.1 Å². The first kappa shape index (κ1) is 96.9. The Bertz CT molecular complexity index is 5460. The first-order valence-corrected chi connectivity index (χ1v) is 40.1. The van der Waals surface area contributed by atoms with Gasteiger partial charge in [-0.05, 0) is 158 Å². The van der Waals surface area contributed by atoms with Crippen molar-refractivity contribution in [2.24, 2.45) is 17.4 Å². The minimum Gasteiger partial charge on any atom is -0.508 e. The number of aliphatic hydroxyl groups excluding tert-OH is 6. The predicted octanol–water partition coefficient (Wildman–Crippen LogP) is 2.27. The lowest BCUT2D eigenvalue weighted by molar-refractivity contribution is -0.334. The maximum absolute atomic E-state index is 16.3. The molecule has 7 aromatic rings. The summed E-state index contributed by atoms with van der Waals surface area (Å²) in [4.78, 5) is 157. The van der Waals surface area contributed by atoms with Crippen molar-refractivity contribution in [2.45, 2.75) is 177 Å². The highest BCUT2D eigenvalue weighted by molar-refractivity contribution is 6.34. The first-order valence-electron chi connectivity index (χ1n) is 39.3. The largest absolute Gasteiger partial charge is 0.573 e. The number of phenolic OH excluding ortho intramolecular Hbond substituents is 3. The molecule has 7 aliphatic rings. The van der Waals surface area contributed by atoms with Crippen molar-refractivity contribution < 1.29 is 145 Å². The molecule has 7 aliphatic heterocycles. The Labute approximate surface area is 741 Å². The van der Waals surface area contributed by atoms with Crippen LogP contribution in [0.25, 0.3) is 11.1 Å². The number of anilines is 1. The zero-order valence-electron chi connectivity index (χ0n) is 68.0. The van der Waals surface area contributed by atoms with E-state index in [1.807, 2.05) is 5.43 Å². The summed E-state index contributed by atoms with van der Waals surface area (Å²) in [6.07, 6.45) is -24.9. The summed E-state index contributed by atoms with van der Waals surface area (Å²) >= 11 is 14.3. The Morgan fingerprint density at radius 2 is 1.29 bits per heavy atom. The quantitative estimate of drug-likeness (QED) is 0.0408. The molecule has 0 aliphatic carbocycles. The molecule has 24 N–H and O–H groups in total. The van der Waals surface area contributed by atoms with Crippen LogP contribution in [0.5, 0.6) is 51.7 Å². The second-order valence-electron chi connectivity index (χ2n) is 31.2. The molecule has 40 nitrogen and oxygen atoms in total. The molecule has 11 bridgehead atoms. The molecule has 690 valence electrons. The van der Waals surface area contributed by atoms with Crippen molar-refractivity contribution in [3.63, 3.8) is 0 Å². The minimum absolute atomic E-state index is 0. The molecule has 0 aromatic heterocycles. The van der Waals surface area contributed by atoms with Crippen LogP contribution in [0.1, 0.15) is 128 Å². The number of ether oxygens (including phenoxy) is 7. The number of phenols is 3. The smallest absolute Gasteiger partial charge is 0.508 e. The number of alkyl halides is 3. The van der Waals surface area contributed by atoms with E-state index in [1.165, 1.54) is 32.2 Å². The number of benzene rings is 7. The van der Waals surface area contributed by atoms with Gasteiger partial charge in [-0.15, -0.1) is 13.2 Å². The molecular formula is C84H92Cl2F3N13O27. The second-order valence-corrected chi connectivity index (χ2v) is 32.0. The number of fused-ring (bicyclic) bond motifs is 15. The number of likely N-dealkylation sites (N-methyl/N-ethyl adjacent to an activating group) is 1. The van der Waals surface area contributed by atoms with Gasteiger partial charge in [-0.2, -0.15) is 0 Å². The lowest BCUT2D eigenvalue weighted by atomic mass is 9.84. The standard InChI is InChI=1S/C83H88Cl2F3N13O27.CH4/c1-32(2)20-47(91-5)73(114)98-62-64(107)37-11-18-51(45(84)22-37)123-53-24-39-25-54(68(53)127-81-69(67(110)66(109)55(31-102)125-81)126-57-29-82(4,70(111)33(3)122-57)92-30-34-6-13-40(14-7-34)93-72(113)35-8-15-42(16-9-35)128-83(86,87)88)124-52-19-12-38(23-46(52)85)65(108)63-78(119)97-61(79(120)100-101-80(121)71(90)112)44-26-41(103)27-50(105)58(44)43-21-36(10-17-49(43)104)59(75(116)99-63)96-76(117)60(39)95-74(115)48(28-56(89)106)94-77(62)118;/h6-19,21-27,32-33,47-48,55,57,59-67,69-70,81,91-92,102-105,107-111H,20,28-31H2,1-5H3,(H2,89,106)(H2,90,112)(H,93,113)(H,94,118)(H,95,115)(H,96,117)(H,97,119)(H,98,114)(H,99,116)(H,100,120)(H,101,121);1H4. The van der Waals surface area contributed by atoms with Gasteiger partial charge in [-0.3, -0.25) is 63.6 Å². The van der Waals surface area contributed by atoms with Crippen LogP contribution in [0.2, 0.25) is 10.0 Å². The predicted molar refractivity (Wildman–Crippen MR) is 444 cm³/mol. The lowest BCUT2D eigenvalue weighted by Gasteiger charge is -2.48. The topological polar surface area (TPSA) is 619 Å². The number of hydrogen-bond acceptors (Lipinski definition) is 29. The van der Waals surface area contributed by atoms with Gasteiger partial charge in [0.05, 0.1) is 41.3 Å². The molecule has 129 heavy (non-hydrogen) atoms.